The number of hydrogen-bond acceptors (Lipinski definition) is 4. The van der Waals surface area contributed by atoms with Crippen molar-refractivity contribution in [3.8, 4) is 0 Å². The van der Waals surface area contributed by atoms with E-state index in [1.807, 2.05) is 0 Å². The van der Waals surface area contributed by atoms with Crippen LogP contribution in [0.2, 0.25) is 0 Å². The molecule has 13 heavy (non-hydrogen) atoms. The van der Waals surface area contributed by atoms with Gasteiger partial charge in [-0.3, -0.25) is 9.78 Å². The maximum atomic E-state index is 10.9. The van der Waals surface area contributed by atoms with E-state index in [1.165, 1.54) is 4.90 Å². The number of carbonyl (C=O) groups is 1. The molecular weight excluding hydrogens is 174 g/mol. The Labute approximate surface area is 73.8 Å². The Morgan fingerprint density at radius 1 is 1.62 bits per heavy atom. The van der Waals surface area contributed by atoms with Crippen molar-refractivity contribution in [1.82, 2.24) is 9.97 Å². The summed E-state index contributed by atoms with van der Waals surface area (Å²) in [5, 5.41) is 8.58. The highest BCUT2D eigenvalue weighted by molar-refractivity contribution is 5.85. The number of aromatic amines is 1. The summed E-state index contributed by atoms with van der Waals surface area (Å²) in [7, 11) is 3.31. The first-order chi connectivity index (χ1) is 6.00. The van der Waals surface area contributed by atoms with E-state index in [4.69, 9.17) is 5.11 Å². The highest BCUT2D eigenvalue weighted by Gasteiger charge is 2.08. The molecule has 6 heteroatoms. The molecule has 0 saturated carbocycles. The summed E-state index contributed by atoms with van der Waals surface area (Å²) in [6.07, 6.45) is 0. The summed E-state index contributed by atoms with van der Waals surface area (Å²) in [6, 6.07) is 0.940. The number of nitrogens with one attached hydrogen (secondary N) is 1. The molecule has 0 saturated heterocycles. The number of aromatic carboxylic acids is 1. The minimum absolute atomic E-state index is 0.227. The minimum Gasteiger partial charge on any atom is -0.477 e. The zero-order chi connectivity index (χ0) is 10.0. The second-order valence-corrected chi connectivity index (χ2v) is 2.65. The fraction of sp³-hybridized carbons (Fsp3) is 0.286. The highest BCUT2D eigenvalue weighted by atomic mass is 16.4. The van der Waals surface area contributed by atoms with Crippen LogP contribution in [0.15, 0.2) is 10.9 Å². The monoisotopic (exact) mass is 183 g/mol. The van der Waals surface area contributed by atoms with Crippen LogP contribution in [0.5, 0.6) is 0 Å². The average molecular weight is 183 g/mol. The third-order valence-electron chi connectivity index (χ3n) is 1.37. The van der Waals surface area contributed by atoms with E-state index in [1.54, 1.807) is 14.1 Å². The van der Waals surface area contributed by atoms with Crippen molar-refractivity contribution in [3.05, 3.63) is 22.1 Å². The van der Waals surface area contributed by atoms with Gasteiger partial charge in [0.05, 0.1) is 0 Å². The summed E-state index contributed by atoms with van der Waals surface area (Å²) in [5.41, 5.74) is -0.733. The second-order valence-electron chi connectivity index (χ2n) is 2.65. The van der Waals surface area contributed by atoms with Gasteiger partial charge in [0.15, 0.2) is 5.69 Å². The van der Waals surface area contributed by atoms with Crippen LogP contribution in [0, 0.1) is 0 Å². The van der Waals surface area contributed by atoms with E-state index < -0.39 is 11.5 Å². The zero-order valence-corrected chi connectivity index (χ0v) is 7.24. The molecule has 0 radical (unpaired) electrons. The Bertz CT molecular complexity index is 383. The van der Waals surface area contributed by atoms with Crippen molar-refractivity contribution < 1.29 is 9.90 Å². The molecule has 0 amide bonds. The van der Waals surface area contributed by atoms with Crippen molar-refractivity contribution in [3.63, 3.8) is 0 Å². The molecule has 0 aliphatic rings. The Hall–Kier alpha value is -1.85. The number of nitrogens with zero attached hydrogens (tertiary/aromatic N) is 2. The van der Waals surface area contributed by atoms with Crippen LogP contribution in [0.3, 0.4) is 0 Å². The van der Waals surface area contributed by atoms with Gasteiger partial charge in [-0.1, -0.05) is 0 Å². The van der Waals surface area contributed by atoms with Crippen LogP contribution in [0.4, 0.5) is 5.95 Å². The van der Waals surface area contributed by atoms with Crippen molar-refractivity contribution in [2.45, 2.75) is 0 Å². The molecule has 0 unspecified atom stereocenters. The molecule has 0 aromatic carbocycles. The van der Waals surface area contributed by atoms with Gasteiger partial charge in [0.1, 0.15) is 0 Å². The lowest BCUT2D eigenvalue weighted by atomic mass is 10.4. The van der Waals surface area contributed by atoms with Gasteiger partial charge >= 0.3 is 5.97 Å². The number of rotatable bonds is 2. The lowest BCUT2D eigenvalue weighted by molar-refractivity contribution is 0.0690. The number of aromatic nitrogens is 2. The van der Waals surface area contributed by atoms with E-state index in [2.05, 4.69) is 9.97 Å². The van der Waals surface area contributed by atoms with E-state index in [-0.39, 0.29) is 11.6 Å². The van der Waals surface area contributed by atoms with Gasteiger partial charge in [-0.25, -0.2) is 9.78 Å². The molecule has 6 nitrogen and oxygen atoms in total. The Morgan fingerprint density at radius 3 is 2.69 bits per heavy atom. The van der Waals surface area contributed by atoms with Crippen LogP contribution in [0.25, 0.3) is 0 Å². The van der Waals surface area contributed by atoms with Crippen LogP contribution in [-0.4, -0.2) is 35.1 Å². The molecule has 0 aliphatic heterocycles. The summed E-state index contributed by atoms with van der Waals surface area (Å²) in [4.78, 5) is 29.1. The largest absolute Gasteiger partial charge is 0.477 e. The van der Waals surface area contributed by atoms with E-state index in [0.29, 0.717) is 0 Å². The van der Waals surface area contributed by atoms with Gasteiger partial charge in [-0.2, -0.15) is 0 Å². The first-order valence-corrected chi connectivity index (χ1v) is 3.52. The number of anilines is 1. The molecule has 1 heterocycles. The predicted molar refractivity (Wildman–Crippen MR) is 46.1 cm³/mol. The zero-order valence-electron chi connectivity index (χ0n) is 7.24. The third-order valence-corrected chi connectivity index (χ3v) is 1.37. The van der Waals surface area contributed by atoms with E-state index in [9.17, 15) is 9.59 Å². The number of hydrogen-bond donors (Lipinski definition) is 2. The molecule has 1 aromatic heterocycles. The molecule has 70 valence electrons. The first kappa shape index (κ1) is 9.24. The summed E-state index contributed by atoms with van der Waals surface area (Å²) in [6.45, 7) is 0. The van der Waals surface area contributed by atoms with Gasteiger partial charge in [-0.05, 0) is 0 Å². The van der Waals surface area contributed by atoms with Crippen molar-refractivity contribution in [1.29, 1.82) is 0 Å². The normalized spacial score (nSPS) is 9.69. The van der Waals surface area contributed by atoms with Crippen LogP contribution in [-0.2, 0) is 0 Å². The summed E-state index contributed by atoms with van der Waals surface area (Å²) < 4.78 is 0. The molecule has 0 aliphatic carbocycles. The number of carboxylic acid groups (broad SMARTS) is 1. The van der Waals surface area contributed by atoms with Crippen molar-refractivity contribution in [2.75, 3.05) is 19.0 Å². The first-order valence-electron chi connectivity index (χ1n) is 3.52. The quantitative estimate of drug-likeness (QED) is 0.647. The molecule has 1 aromatic rings. The molecular formula is C7H9N3O3. The summed E-state index contributed by atoms with van der Waals surface area (Å²) in [5.74, 6) is -0.987. The lowest BCUT2D eigenvalue weighted by Gasteiger charge is -2.09. The van der Waals surface area contributed by atoms with Crippen LogP contribution in [0.1, 0.15) is 10.5 Å². The summed E-state index contributed by atoms with van der Waals surface area (Å²) >= 11 is 0. The maximum Gasteiger partial charge on any atom is 0.354 e. The van der Waals surface area contributed by atoms with Gasteiger partial charge in [0, 0.05) is 20.2 Å². The van der Waals surface area contributed by atoms with E-state index in [0.717, 1.165) is 6.07 Å². The van der Waals surface area contributed by atoms with Crippen LogP contribution >= 0.6 is 0 Å². The molecule has 0 spiro atoms. The second kappa shape index (κ2) is 3.26. The van der Waals surface area contributed by atoms with Crippen molar-refractivity contribution in [2.24, 2.45) is 0 Å². The fourth-order valence-corrected chi connectivity index (χ4v) is 0.766. The molecule has 0 bridgehead atoms. The Balaban J connectivity index is 3.27. The standard InChI is InChI=1S/C7H9N3O3/c1-10(2)7-8-4(6(12)13)3-5(11)9-7/h3H,1-2H3,(H,12,13)(H,8,9,11). The maximum absolute atomic E-state index is 10.9. The molecule has 0 atom stereocenters. The molecule has 1 rings (SSSR count). The Morgan fingerprint density at radius 2 is 2.23 bits per heavy atom. The van der Waals surface area contributed by atoms with Gasteiger partial charge in [0.2, 0.25) is 5.95 Å². The fourth-order valence-electron chi connectivity index (χ4n) is 0.766. The number of H-pyrrole nitrogens is 1. The molecule has 0 fully saturated rings. The van der Waals surface area contributed by atoms with Gasteiger partial charge in [-0.15, -0.1) is 0 Å². The van der Waals surface area contributed by atoms with E-state index >= 15 is 0 Å². The SMILES string of the molecule is CN(C)c1nc(C(=O)O)cc(=O)[nH]1. The van der Waals surface area contributed by atoms with Crippen LogP contribution < -0.4 is 10.5 Å². The van der Waals surface area contributed by atoms with Gasteiger partial charge in [0.25, 0.3) is 5.56 Å². The van der Waals surface area contributed by atoms with Gasteiger partial charge < -0.3 is 10.0 Å². The van der Waals surface area contributed by atoms with Crippen molar-refractivity contribution >= 4 is 11.9 Å². The highest BCUT2D eigenvalue weighted by Crippen LogP contribution is 1.99. The predicted octanol–water partition coefficient (Wildman–Crippen LogP) is -0.466. The Kier molecular flexibility index (Phi) is 2.32. The molecule has 2 N–H and O–H groups in total. The lowest BCUT2D eigenvalue weighted by Crippen LogP contribution is -2.20. The third kappa shape index (κ3) is 2.05. The smallest absolute Gasteiger partial charge is 0.354 e. The number of carboxylic acids is 1. The minimum atomic E-state index is -1.21. The average Bonchev–Trinajstić information content (AvgIpc) is 2.03. The topological polar surface area (TPSA) is 86.3 Å².